The van der Waals surface area contributed by atoms with Crippen molar-refractivity contribution < 1.29 is 0 Å². The second-order valence-corrected chi connectivity index (χ2v) is 4.74. The molecule has 0 saturated carbocycles. The number of halogens is 1. The van der Waals surface area contributed by atoms with Gasteiger partial charge in [-0.3, -0.25) is 0 Å². The van der Waals surface area contributed by atoms with Crippen LogP contribution in [-0.2, 0) is 0 Å². The first kappa shape index (κ1) is 10.3. The predicted molar refractivity (Wildman–Crippen MR) is 61.5 cm³/mol. The molecule has 5 heteroatoms. The van der Waals surface area contributed by atoms with Crippen molar-refractivity contribution in [2.75, 3.05) is 0 Å². The van der Waals surface area contributed by atoms with Gasteiger partial charge in [0.05, 0.1) is 11.8 Å². The molecule has 3 nitrogen and oxygen atoms in total. The van der Waals surface area contributed by atoms with E-state index in [0.717, 1.165) is 9.35 Å². The van der Waals surface area contributed by atoms with Crippen LogP contribution < -0.4 is 0 Å². The molecule has 0 radical (unpaired) electrons. The van der Waals surface area contributed by atoms with E-state index in [1.807, 2.05) is 17.5 Å². The Morgan fingerprint density at radius 3 is 2.93 bits per heavy atom. The Hall–Kier alpha value is -1.25. The fourth-order valence-electron chi connectivity index (χ4n) is 1.22. The molecular formula is C10H6BrN3S. The van der Waals surface area contributed by atoms with Gasteiger partial charge in [0.1, 0.15) is 5.92 Å². The molecule has 2 aromatic heterocycles. The van der Waals surface area contributed by atoms with Crippen LogP contribution in [0.2, 0.25) is 0 Å². The Labute approximate surface area is 99.5 Å². The van der Waals surface area contributed by atoms with Crippen LogP contribution in [0.3, 0.4) is 0 Å². The summed E-state index contributed by atoms with van der Waals surface area (Å²) in [4.78, 5) is 0.977. The molecule has 0 spiro atoms. The first-order chi connectivity index (χ1) is 7.31. The van der Waals surface area contributed by atoms with Crippen LogP contribution in [0.4, 0.5) is 0 Å². The number of hydrogen-bond acceptors (Lipinski definition) is 4. The lowest BCUT2D eigenvalue weighted by molar-refractivity contribution is 0.895. The highest BCUT2D eigenvalue weighted by Gasteiger charge is 2.16. The van der Waals surface area contributed by atoms with E-state index >= 15 is 0 Å². The summed E-state index contributed by atoms with van der Waals surface area (Å²) in [5, 5.41) is 18.8. The number of nitriles is 1. The highest BCUT2D eigenvalue weighted by molar-refractivity contribution is 9.10. The number of hydrogen-bond donors (Lipinski definition) is 0. The van der Waals surface area contributed by atoms with Crippen LogP contribution in [0.15, 0.2) is 34.2 Å². The Morgan fingerprint density at radius 1 is 1.53 bits per heavy atom. The third kappa shape index (κ3) is 2.22. The van der Waals surface area contributed by atoms with Gasteiger partial charge in [-0.1, -0.05) is 0 Å². The summed E-state index contributed by atoms with van der Waals surface area (Å²) in [7, 11) is 0. The molecule has 0 fully saturated rings. The quantitative estimate of drug-likeness (QED) is 0.849. The minimum absolute atomic E-state index is 0.324. The average Bonchev–Trinajstić information content (AvgIpc) is 2.68. The molecule has 0 aliphatic heterocycles. The summed E-state index contributed by atoms with van der Waals surface area (Å²) in [6, 6.07) is 7.77. The highest BCUT2D eigenvalue weighted by Crippen LogP contribution is 2.29. The molecule has 2 heterocycles. The summed E-state index contributed by atoms with van der Waals surface area (Å²) in [5.41, 5.74) is 0.689. The molecule has 0 aromatic carbocycles. The minimum atomic E-state index is -0.324. The van der Waals surface area contributed by atoms with Gasteiger partial charge >= 0.3 is 0 Å². The predicted octanol–water partition coefficient (Wildman–Crippen LogP) is 2.96. The van der Waals surface area contributed by atoms with Crippen molar-refractivity contribution in [2.24, 2.45) is 0 Å². The number of rotatable bonds is 2. The maximum absolute atomic E-state index is 9.12. The Morgan fingerprint density at radius 2 is 2.40 bits per heavy atom. The number of aromatic nitrogens is 2. The van der Waals surface area contributed by atoms with E-state index in [4.69, 9.17) is 5.26 Å². The van der Waals surface area contributed by atoms with Gasteiger partial charge < -0.3 is 0 Å². The van der Waals surface area contributed by atoms with Gasteiger partial charge in [0.2, 0.25) is 0 Å². The third-order valence-electron chi connectivity index (χ3n) is 1.89. The summed E-state index contributed by atoms with van der Waals surface area (Å²) >= 11 is 4.91. The number of thiophene rings is 1. The molecule has 2 aromatic rings. The van der Waals surface area contributed by atoms with Gasteiger partial charge in [-0.05, 0) is 34.1 Å². The van der Waals surface area contributed by atoms with Crippen molar-refractivity contribution in [1.82, 2.24) is 10.2 Å². The van der Waals surface area contributed by atoms with Crippen LogP contribution >= 0.6 is 27.3 Å². The van der Waals surface area contributed by atoms with Crippen molar-refractivity contribution in [1.29, 1.82) is 5.26 Å². The highest BCUT2D eigenvalue weighted by atomic mass is 79.9. The summed E-state index contributed by atoms with van der Waals surface area (Å²) in [6.07, 6.45) is 1.60. The molecule has 74 valence electrons. The van der Waals surface area contributed by atoms with Crippen LogP contribution in [0.5, 0.6) is 0 Å². The van der Waals surface area contributed by atoms with Gasteiger partial charge in [-0.25, -0.2) is 0 Å². The smallest absolute Gasteiger partial charge is 0.124 e. The van der Waals surface area contributed by atoms with Crippen molar-refractivity contribution in [3.8, 4) is 6.07 Å². The standard InChI is InChI=1S/C10H6BrN3S/c11-7-4-10(15-6-7)8(5-12)9-2-1-3-13-14-9/h1-4,6,8H. The molecule has 1 unspecified atom stereocenters. The van der Waals surface area contributed by atoms with Crippen LogP contribution in [0.1, 0.15) is 16.5 Å². The topological polar surface area (TPSA) is 49.6 Å². The van der Waals surface area contributed by atoms with E-state index in [9.17, 15) is 0 Å². The van der Waals surface area contributed by atoms with Crippen molar-refractivity contribution in [3.05, 3.63) is 44.8 Å². The Bertz CT molecular complexity index is 489. The largest absolute Gasteiger partial charge is 0.197 e. The van der Waals surface area contributed by atoms with E-state index < -0.39 is 0 Å². The summed E-state index contributed by atoms with van der Waals surface area (Å²) in [6.45, 7) is 0. The molecule has 0 N–H and O–H groups in total. The lowest BCUT2D eigenvalue weighted by Crippen LogP contribution is -1.99. The number of nitrogens with zero attached hydrogens (tertiary/aromatic N) is 3. The Balaban J connectivity index is 2.38. The lowest BCUT2D eigenvalue weighted by Gasteiger charge is -2.03. The monoisotopic (exact) mass is 279 g/mol. The molecule has 0 saturated heterocycles. The molecule has 0 amide bonds. The first-order valence-corrected chi connectivity index (χ1v) is 5.89. The fourth-order valence-corrected chi connectivity index (χ4v) is 2.72. The molecule has 15 heavy (non-hydrogen) atoms. The van der Waals surface area contributed by atoms with Crippen LogP contribution in [-0.4, -0.2) is 10.2 Å². The van der Waals surface area contributed by atoms with E-state index in [-0.39, 0.29) is 5.92 Å². The van der Waals surface area contributed by atoms with Gasteiger partial charge in [-0.15, -0.1) is 11.3 Å². The molecule has 0 bridgehead atoms. The summed E-state index contributed by atoms with van der Waals surface area (Å²) < 4.78 is 0.992. The Kier molecular flexibility index (Phi) is 3.09. The second kappa shape index (κ2) is 4.51. The minimum Gasteiger partial charge on any atom is -0.197 e. The SMILES string of the molecule is N#CC(c1cccnn1)c1cc(Br)cs1. The zero-order chi connectivity index (χ0) is 10.7. The van der Waals surface area contributed by atoms with Crippen LogP contribution in [0.25, 0.3) is 0 Å². The van der Waals surface area contributed by atoms with E-state index in [1.54, 1.807) is 12.3 Å². The zero-order valence-electron chi connectivity index (χ0n) is 7.59. The molecule has 0 aliphatic carbocycles. The van der Waals surface area contributed by atoms with Gasteiger partial charge in [0.15, 0.2) is 0 Å². The first-order valence-electron chi connectivity index (χ1n) is 4.22. The second-order valence-electron chi connectivity index (χ2n) is 2.88. The zero-order valence-corrected chi connectivity index (χ0v) is 9.99. The van der Waals surface area contributed by atoms with Gasteiger partial charge in [0.25, 0.3) is 0 Å². The van der Waals surface area contributed by atoms with Gasteiger partial charge in [-0.2, -0.15) is 15.5 Å². The normalized spacial score (nSPS) is 12.0. The maximum Gasteiger partial charge on any atom is 0.124 e. The molecular weight excluding hydrogens is 274 g/mol. The summed E-state index contributed by atoms with van der Waals surface area (Å²) in [5.74, 6) is -0.324. The molecule has 0 aliphatic rings. The van der Waals surface area contributed by atoms with Crippen molar-refractivity contribution >= 4 is 27.3 Å². The average molecular weight is 280 g/mol. The van der Waals surface area contributed by atoms with E-state index in [2.05, 4.69) is 32.2 Å². The van der Waals surface area contributed by atoms with E-state index in [0.29, 0.717) is 5.69 Å². The maximum atomic E-state index is 9.12. The van der Waals surface area contributed by atoms with E-state index in [1.165, 1.54) is 11.3 Å². The van der Waals surface area contributed by atoms with Gasteiger partial charge in [0, 0.05) is 20.9 Å². The lowest BCUT2D eigenvalue weighted by atomic mass is 10.1. The van der Waals surface area contributed by atoms with Crippen LogP contribution in [0, 0.1) is 11.3 Å². The third-order valence-corrected chi connectivity index (χ3v) is 3.65. The van der Waals surface area contributed by atoms with Crippen molar-refractivity contribution in [3.63, 3.8) is 0 Å². The molecule has 1 atom stereocenters. The van der Waals surface area contributed by atoms with Crippen molar-refractivity contribution in [2.45, 2.75) is 5.92 Å². The molecule has 2 rings (SSSR count). The fraction of sp³-hybridized carbons (Fsp3) is 0.100.